The third-order valence-corrected chi connectivity index (χ3v) is 6.29. The fraction of sp³-hybridized carbons (Fsp3) is 0.478. The highest BCUT2D eigenvalue weighted by Crippen LogP contribution is 2.35. The molecular formula is C23H31F2N3O3S. The number of pyridine rings is 1. The summed E-state index contributed by atoms with van der Waals surface area (Å²) in [5.41, 5.74) is -1.13. The van der Waals surface area contributed by atoms with Crippen LogP contribution in [0.25, 0.3) is 0 Å². The summed E-state index contributed by atoms with van der Waals surface area (Å²) in [6.45, 7) is 12.3. The van der Waals surface area contributed by atoms with Gasteiger partial charge in [-0.05, 0) is 77.8 Å². The van der Waals surface area contributed by atoms with Crippen LogP contribution in [0.3, 0.4) is 0 Å². The molecule has 0 bridgehead atoms. The Hall–Kier alpha value is -2.39. The van der Waals surface area contributed by atoms with Crippen molar-refractivity contribution in [3.05, 3.63) is 65.5 Å². The number of hydrogen-bond acceptors (Lipinski definition) is 4. The van der Waals surface area contributed by atoms with Crippen molar-refractivity contribution in [3.8, 4) is 0 Å². The smallest absolute Gasteiger partial charge is 0.407 e. The number of carbonyl (C=O) groups is 1. The molecule has 0 spiro atoms. The Kier molecular flexibility index (Phi) is 7.78. The lowest BCUT2D eigenvalue weighted by atomic mass is 9.79. The van der Waals surface area contributed by atoms with Crippen LogP contribution in [0.4, 0.5) is 13.6 Å². The van der Waals surface area contributed by atoms with E-state index < -0.39 is 50.8 Å². The highest BCUT2D eigenvalue weighted by molar-refractivity contribution is 7.84. The van der Waals surface area contributed by atoms with E-state index in [1.165, 1.54) is 42.6 Å². The highest BCUT2D eigenvalue weighted by atomic mass is 32.2. The van der Waals surface area contributed by atoms with Crippen LogP contribution in [-0.4, -0.2) is 31.7 Å². The molecule has 3 atom stereocenters. The molecule has 0 aliphatic heterocycles. The van der Waals surface area contributed by atoms with Gasteiger partial charge in [-0.25, -0.2) is 23.1 Å². The topological polar surface area (TPSA) is 80.3 Å². The number of alkyl carbamates (subject to hydrolysis) is 1. The van der Waals surface area contributed by atoms with Crippen molar-refractivity contribution in [2.24, 2.45) is 0 Å². The molecule has 0 aliphatic carbocycles. The maximum atomic E-state index is 13.7. The Bertz CT molecular complexity index is 907. The van der Waals surface area contributed by atoms with Crippen molar-refractivity contribution in [1.29, 1.82) is 0 Å². The number of hydrogen-bond donors (Lipinski definition) is 2. The summed E-state index contributed by atoms with van der Waals surface area (Å²) in [7, 11) is -1.63. The maximum absolute atomic E-state index is 13.7. The van der Waals surface area contributed by atoms with Crippen LogP contribution in [0.1, 0.15) is 59.6 Å². The molecule has 2 N–H and O–H groups in total. The van der Waals surface area contributed by atoms with Gasteiger partial charge in [-0.2, -0.15) is 4.39 Å². The number of halogens is 2. The molecule has 0 fully saturated rings. The van der Waals surface area contributed by atoms with Gasteiger partial charge in [0.1, 0.15) is 17.0 Å². The largest absolute Gasteiger partial charge is 0.444 e. The molecule has 0 aliphatic rings. The van der Waals surface area contributed by atoms with Gasteiger partial charge in [-0.15, -0.1) is 0 Å². The second-order valence-electron chi connectivity index (χ2n) is 9.54. The molecule has 1 aromatic carbocycles. The van der Waals surface area contributed by atoms with E-state index >= 15 is 0 Å². The molecule has 32 heavy (non-hydrogen) atoms. The van der Waals surface area contributed by atoms with Crippen molar-refractivity contribution in [1.82, 2.24) is 15.0 Å². The molecule has 1 aromatic heterocycles. The van der Waals surface area contributed by atoms with E-state index in [9.17, 15) is 17.8 Å². The van der Waals surface area contributed by atoms with Gasteiger partial charge in [0.05, 0.1) is 21.8 Å². The van der Waals surface area contributed by atoms with E-state index in [1.54, 1.807) is 48.5 Å². The van der Waals surface area contributed by atoms with Gasteiger partial charge in [0.2, 0.25) is 5.95 Å². The summed E-state index contributed by atoms with van der Waals surface area (Å²) >= 11 is 0. The SMILES string of the molecule is C[C@H](NC(=O)OC(C)(C)C)[C@](N[S@](=O)C(C)(C)C)(c1ccc(F)cc1)c1ccc(F)nc1. The summed E-state index contributed by atoms with van der Waals surface area (Å²) in [5.74, 6) is -1.14. The molecule has 0 saturated carbocycles. The first-order valence-corrected chi connectivity index (χ1v) is 11.4. The standard InChI is InChI=1S/C23H31F2N3O3S/c1-15(27-20(29)31-21(2,3)4)23(28-32(30)22(5,6)7,16-8-11-18(24)12-9-16)17-10-13-19(25)26-14-17/h8-15,28H,1-7H3,(H,27,29)/t15-,23-,32+/m0/s1. The van der Waals surface area contributed by atoms with E-state index in [4.69, 9.17) is 4.74 Å². The Balaban J connectivity index is 2.69. The van der Waals surface area contributed by atoms with Crippen molar-refractivity contribution in [2.75, 3.05) is 0 Å². The highest BCUT2D eigenvalue weighted by Gasteiger charge is 2.44. The average Bonchev–Trinajstić information content (AvgIpc) is 2.65. The number of aromatic nitrogens is 1. The summed E-state index contributed by atoms with van der Waals surface area (Å²) in [4.78, 5) is 16.4. The van der Waals surface area contributed by atoms with Gasteiger partial charge in [0.25, 0.3) is 0 Å². The van der Waals surface area contributed by atoms with Crippen molar-refractivity contribution in [3.63, 3.8) is 0 Å². The fourth-order valence-corrected chi connectivity index (χ4v) is 4.10. The fourth-order valence-electron chi connectivity index (χ4n) is 3.09. The summed E-state index contributed by atoms with van der Waals surface area (Å²) in [5, 5.41) is 2.79. The minimum absolute atomic E-state index is 0.437. The van der Waals surface area contributed by atoms with Gasteiger partial charge in [0, 0.05) is 6.20 Å². The van der Waals surface area contributed by atoms with Crippen LogP contribution < -0.4 is 10.0 Å². The predicted octanol–water partition coefficient (Wildman–Crippen LogP) is 4.57. The van der Waals surface area contributed by atoms with Crippen LogP contribution in [0.2, 0.25) is 0 Å². The molecule has 1 heterocycles. The Morgan fingerprint density at radius 2 is 1.56 bits per heavy atom. The van der Waals surface area contributed by atoms with E-state index in [2.05, 4.69) is 15.0 Å². The minimum Gasteiger partial charge on any atom is -0.444 e. The minimum atomic E-state index is -1.63. The number of ether oxygens (including phenoxy) is 1. The van der Waals surface area contributed by atoms with Gasteiger partial charge >= 0.3 is 6.09 Å². The molecule has 1 amide bonds. The number of carbonyl (C=O) groups excluding carboxylic acids is 1. The number of nitrogens with one attached hydrogen (secondary N) is 2. The van der Waals surface area contributed by atoms with Crippen LogP contribution in [0, 0.1) is 11.8 Å². The van der Waals surface area contributed by atoms with E-state index in [0.29, 0.717) is 11.1 Å². The monoisotopic (exact) mass is 467 g/mol. The molecule has 2 rings (SSSR count). The first-order chi connectivity index (χ1) is 14.6. The molecule has 0 saturated heterocycles. The van der Waals surface area contributed by atoms with Crippen LogP contribution >= 0.6 is 0 Å². The zero-order valence-corrected chi connectivity index (χ0v) is 20.3. The third kappa shape index (κ3) is 6.32. The summed E-state index contributed by atoms with van der Waals surface area (Å²) in [6, 6.07) is 7.49. The molecule has 0 unspecified atom stereocenters. The van der Waals surface area contributed by atoms with Gasteiger partial charge < -0.3 is 10.1 Å². The number of rotatable bonds is 6. The van der Waals surface area contributed by atoms with E-state index in [0.717, 1.165) is 0 Å². The second-order valence-corrected chi connectivity index (χ2v) is 11.5. The van der Waals surface area contributed by atoms with E-state index in [1.807, 2.05) is 0 Å². The molecular weight excluding hydrogens is 436 g/mol. The molecule has 0 radical (unpaired) electrons. The van der Waals surface area contributed by atoms with Gasteiger partial charge in [-0.1, -0.05) is 18.2 Å². The normalized spacial score (nSPS) is 16.0. The summed E-state index contributed by atoms with van der Waals surface area (Å²) < 4.78 is 48.5. The van der Waals surface area contributed by atoms with Gasteiger partial charge in [-0.3, -0.25) is 0 Å². The maximum Gasteiger partial charge on any atom is 0.407 e. The van der Waals surface area contributed by atoms with Crippen molar-refractivity contribution < 1.29 is 22.5 Å². The number of amides is 1. The van der Waals surface area contributed by atoms with Crippen LogP contribution in [0.15, 0.2) is 42.6 Å². The lowest BCUT2D eigenvalue weighted by Gasteiger charge is -2.42. The predicted molar refractivity (Wildman–Crippen MR) is 121 cm³/mol. The average molecular weight is 468 g/mol. The first kappa shape index (κ1) is 25.9. The molecule has 9 heteroatoms. The molecule has 176 valence electrons. The van der Waals surface area contributed by atoms with Gasteiger partial charge in [0.15, 0.2) is 0 Å². The molecule has 2 aromatic rings. The zero-order valence-electron chi connectivity index (χ0n) is 19.5. The molecule has 6 nitrogen and oxygen atoms in total. The summed E-state index contributed by atoms with van der Waals surface area (Å²) in [6.07, 6.45) is 0.619. The third-order valence-electron chi connectivity index (χ3n) is 4.67. The quantitative estimate of drug-likeness (QED) is 0.610. The Morgan fingerprint density at radius 3 is 2.03 bits per heavy atom. The van der Waals surface area contributed by atoms with E-state index in [-0.39, 0.29) is 0 Å². The van der Waals surface area contributed by atoms with Crippen LogP contribution in [-0.2, 0) is 21.3 Å². The van der Waals surface area contributed by atoms with Crippen LogP contribution in [0.5, 0.6) is 0 Å². The zero-order chi connectivity index (χ0) is 24.3. The lowest BCUT2D eigenvalue weighted by Crippen LogP contribution is -2.60. The van der Waals surface area contributed by atoms with Crippen molar-refractivity contribution >= 4 is 17.1 Å². The Labute approximate surface area is 190 Å². The lowest BCUT2D eigenvalue weighted by molar-refractivity contribution is 0.0487. The number of nitrogens with zero attached hydrogens (tertiary/aromatic N) is 1. The van der Waals surface area contributed by atoms with Crippen molar-refractivity contribution in [2.45, 2.75) is 70.4 Å². The first-order valence-electron chi connectivity index (χ1n) is 10.2. The second kappa shape index (κ2) is 9.62. The Morgan fingerprint density at radius 1 is 1.00 bits per heavy atom. The number of benzene rings is 1.